The summed E-state index contributed by atoms with van der Waals surface area (Å²) in [6.45, 7) is 4.21. The van der Waals surface area contributed by atoms with E-state index in [0.29, 0.717) is 0 Å². The van der Waals surface area contributed by atoms with E-state index in [1.807, 2.05) is 0 Å². The number of benzene rings is 4. The molecular weight excluding hydrogens is 384 g/mol. The molecule has 0 unspecified atom stereocenters. The van der Waals surface area contributed by atoms with Crippen molar-refractivity contribution in [1.29, 1.82) is 0 Å². The van der Waals surface area contributed by atoms with E-state index in [9.17, 15) is 0 Å². The molecule has 4 rings (SSSR count). The Morgan fingerprint density at radius 3 is 1.06 bits per heavy atom. The summed E-state index contributed by atoms with van der Waals surface area (Å²) < 4.78 is 0. The summed E-state index contributed by atoms with van der Waals surface area (Å²) in [7, 11) is 0. The molecule has 0 atom stereocenters. The standard InChI is InChI=1S/C32H28/c1-25-11-15-27(16-12-25)7-3-5-9-29-19-21-32-24-30(20-22-31(32)23-29)10-6-4-8-28-17-13-26(2)14-18-28/h3-24H,1-2H3. The van der Waals surface area contributed by atoms with Crippen LogP contribution < -0.4 is 0 Å². The summed E-state index contributed by atoms with van der Waals surface area (Å²) in [4.78, 5) is 0. The summed E-state index contributed by atoms with van der Waals surface area (Å²) in [6.07, 6.45) is 16.9. The second-order valence-corrected chi connectivity index (χ2v) is 8.12. The molecule has 0 aliphatic rings. The Morgan fingerprint density at radius 2 is 0.688 bits per heavy atom. The molecule has 0 spiro atoms. The Labute approximate surface area is 191 Å². The van der Waals surface area contributed by atoms with Gasteiger partial charge in [0.15, 0.2) is 0 Å². The van der Waals surface area contributed by atoms with Crippen molar-refractivity contribution in [3.63, 3.8) is 0 Å². The molecule has 0 saturated heterocycles. The molecule has 0 saturated carbocycles. The van der Waals surface area contributed by atoms with Crippen LogP contribution in [0.5, 0.6) is 0 Å². The van der Waals surface area contributed by atoms with Crippen LogP contribution in [0.4, 0.5) is 0 Å². The molecule has 0 heteroatoms. The summed E-state index contributed by atoms with van der Waals surface area (Å²) >= 11 is 0. The fourth-order valence-corrected chi connectivity index (χ4v) is 3.51. The third kappa shape index (κ3) is 6.06. The highest BCUT2D eigenvalue weighted by Crippen LogP contribution is 2.20. The topological polar surface area (TPSA) is 0 Å². The van der Waals surface area contributed by atoms with Gasteiger partial charge in [0.05, 0.1) is 0 Å². The first-order valence-corrected chi connectivity index (χ1v) is 11.0. The molecule has 0 bridgehead atoms. The van der Waals surface area contributed by atoms with Crippen LogP contribution in [0.25, 0.3) is 35.1 Å². The lowest BCUT2D eigenvalue weighted by molar-refractivity contribution is 1.46. The van der Waals surface area contributed by atoms with E-state index in [0.717, 1.165) is 0 Å². The van der Waals surface area contributed by atoms with Gasteiger partial charge in [-0.2, -0.15) is 0 Å². The number of hydrogen-bond acceptors (Lipinski definition) is 0. The highest BCUT2D eigenvalue weighted by molar-refractivity contribution is 5.87. The Morgan fingerprint density at radius 1 is 0.375 bits per heavy atom. The van der Waals surface area contributed by atoms with Crippen LogP contribution in [0.15, 0.2) is 109 Å². The van der Waals surface area contributed by atoms with Gasteiger partial charge >= 0.3 is 0 Å². The van der Waals surface area contributed by atoms with Gasteiger partial charge < -0.3 is 0 Å². The Kier molecular flexibility index (Phi) is 6.94. The number of fused-ring (bicyclic) bond motifs is 1. The van der Waals surface area contributed by atoms with Crippen molar-refractivity contribution >= 4 is 35.1 Å². The molecule has 4 aromatic rings. The van der Waals surface area contributed by atoms with Gasteiger partial charge in [-0.1, -0.05) is 133 Å². The quantitative estimate of drug-likeness (QED) is 0.277. The molecule has 156 valence electrons. The van der Waals surface area contributed by atoms with Crippen molar-refractivity contribution in [1.82, 2.24) is 0 Å². The first-order valence-electron chi connectivity index (χ1n) is 11.0. The van der Waals surface area contributed by atoms with E-state index in [1.165, 1.54) is 44.2 Å². The van der Waals surface area contributed by atoms with E-state index in [1.54, 1.807) is 0 Å². The van der Waals surface area contributed by atoms with Crippen molar-refractivity contribution < 1.29 is 0 Å². The van der Waals surface area contributed by atoms with Crippen LogP contribution in [0.2, 0.25) is 0 Å². The zero-order valence-electron chi connectivity index (χ0n) is 18.7. The average Bonchev–Trinajstić information content (AvgIpc) is 2.82. The van der Waals surface area contributed by atoms with Gasteiger partial charge in [-0.25, -0.2) is 0 Å². The highest BCUT2D eigenvalue weighted by Gasteiger charge is 1.96. The molecule has 0 radical (unpaired) electrons. The summed E-state index contributed by atoms with van der Waals surface area (Å²) in [5.41, 5.74) is 7.41. The predicted molar refractivity (Wildman–Crippen MR) is 142 cm³/mol. The summed E-state index contributed by atoms with van der Waals surface area (Å²) in [5, 5.41) is 2.50. The molecule has 4 aromatic carbocycles. The minimum atomic E-state index is 1.20. The summed E-state index contributed by atoms with van der Waals surface area (Å²) in [6, 6.07) is 30.3. The van der Waals surface area contributed by atoms with Gasteiger partial charge in [0.25, 0.3) is 0 Å². The smallest absolute Gasteiger partial charge is 0.0178 e. The lowest BCUT2D eigenvalue weighted by Gasteiger charge is -2.01. The van der Waals surface area contributed by atoms with Crippen LogP contribution >= 0.6 is 0 Å². The van der Waals surface area contributed by atoms with Crippen LogP contribution in [0.3, 0.4) is 0 Å². The van der Waals surface area contributed by atoms with E-state index < -0.39 is 0 Å². The van der Waals surface area contributed by atoms with Crippen molar-refractivity contribution in [2.24, 2.45) is 0 Å². The number of hydrogen-bond donors (Lipinski definition) is 0. The van der Waals surface area contributed by atoms with Gasteiger partial charge in [-0.05, 0) is 59.0 Å². The molecule has 0 amide bonds. The van der Waals surface area contributed by atoms with Gasteiger partial charge in [-0.15, -0.1) is 0 Å². The SMILES string of the molecule is Cc1ccc(C=CC=Cc2ccc3cc(C=CC=Cc4ccc(C)cc4)ccc3c2)cc1. The molecule has 0 aliphatic heterocycles. The van der Waals surface area contributed by atoms with Crippen LogP contribution in [-0.2, 0) is 0 Å². The maximum absolute atomic E-state index is 2.23. The average molecular weight is 413 g/mol. The fraction of sp³-hybridized carbons (Fsp3) is 0.0625. The van der Waals surface area contributed by atoms with Crippen molar-refractivity contribution in [2.75, 3.05) is 0 Å². The maximum atomic E-state index is 2.23. The van der Waals surface area contributed by atoms with Crippen molar-refractivity contribution in [2.45, 2.75) is 13.8 Å². The van der Waals surface area contributed by atoms with Crippen LogP contribution in [0.1, 0.15) is 33.4 Å². The normalized spacial score (nSPS) is 12.2. The highest BCUT2D eigenvalue weighted by atomic mass is 14.0. The van der Waals surface area contributed by atoms with Crippen LogP contribution in [-0.4, -0.2) is 0 Å². The lowest BCUT2D eigenvalue weighted by Crippen LogP contribution is -1.78. The first kappa shape index (κ1) is 21.3. The largest absolute Gasteiger partial charge is 0.0617 e. The molecule has 0 N–H and O–H groups in total. The minimum absolute atomic E-state index is 1.20. The zero-order valence-corrected chi connectivity index (χ0v) is 18.7. The number of rotatable bonds is 6. The molecule has 0 nitrogen and oxygen atoms in total. The van der Waals surface area contributed by atoms with E-state index >= 15 is 0 Å². The Balaban J connectivity index is 1.40. The maximum Gasteiger partial charge on any atom is -0.0178 e. The predicted octanol–water partition coefficient (Wildman–Crippen LogP) is 8.91. The third-order valence-corrected chi connectivity index (χ3v) is 5.42. The molecule has 0 aromatic heterocycles. The number of allylic oxidation sites excluding steroid dienone is 4. The van der Waals surface area contributed by atoms with E-state index in [2.05, 4.69) is 147 Å². The molecule has 0 heterocycles. The molecule has 0 fully saturated rings. The van der Waals surface area contributed by atoms with E-state index in [-0.39, 0.29) is 0 Å². The van der Waals surface area contributed by atoms with Crippen molar-refractivity contribution in [3.8, 4) is 0 Å². The van der Waals surface area contributed by atoms with Gasteiger partial charge in [-0.3, -0.25) is 0 Å². The second kappa shape index (κ2) is 10.4. The molecule has 0 aliphatic carbocycles. The van der Waals surface area contributed by atoms with Crippen molar-refractivity contribution in [3.05, 3.63) is 143 Å². The first-order chi connectivity index (χ1) is 15.7. The molecular formula is C32H28. The molecule has 32 heavy (non-hydrogen) atoms. The zero-order chi connectivity index (χ0) is 22.2. The van der Waals surface area contributed by atoms with Gasteiger partial charge in [0, 0.05) is 0 Å². The third-order valence-electron chi connectivity index (χ3n) is 5.42. The number of aryl methyl sites for hydroxylation is 2. The fourth-order valence-electron chi connectivity index (χ4n) is 3.51. The monoisotopic (exact) mass is 412 g/mol. The van der Waals surface area contributed by atoms with E-state index in [4.69, 9.17) is 0 Å². The van der Waals surface area contributed by atoms with Gasteiger partial charge in [0.1, 0.15) is 0 Å². The van der Waals surface area contributed by atoms with Crippen LogP contribution in [0, 0.1) is 13.8 Å². The Bertz CT molecular complexity index is 1190. The second-order valence-electron chi connectivity index (χ2n) is 8.12. The Hall–Kier alpha value is -3.90. The summed E-state index contributed by atoms with van der Waals surface area (Å²) in [5.74, 6) is 0. The lowest BCUT2D eigenvalue weighted by atomic mass is 10.0. The van der Waals surface area contributed by atoms with Gasteiger partial charge in [0.2, 0.25) is 0 Å². The minimum Gasteiger partial charge on any atom is -0.0617 e.